The Morgan fingerprint density at radius 2 is 2.00 bits per heavy atom. The molecule has 122 valence electrons. The Bertz CT molecular complexity index is 761. The van der Waals surface area contributed by atoms with Gasteiger partial charge in [0, 0.05) is 31.5 Å². The maximum Gasteiger partial charge on any atom is 0.232 e. The number of sulfonamides is 2. The molecule has 0 aromatic carbocycles. The minimum Gasteiger partial charge on any atom is -0.344 e. The summed E-state index contributed by atoms with van der Waals surface area (Å²) in [5, 5.41) is 0. The van der Waals surface area contributed by atoms with Crippen LogP contribution in [0.15, 0.2) is 48.0 Å². The number of hydrogen-bond donors (Lipinski definition) is 1. The van der Waals surface area contributed by atoms with E-state index in [0.29, 0.717) is 5.70 Å². The summed E-state index contributed by atoms with van der Waals surface area (Å²) in [5.74, 6) is 0. The van der Waals surface area contributed by atoms with Crippen LogP contribution in [0, 0.1) is 0 Å². The maximum absolute atomic E-state index is 12.0. The summed E-state index contributed by atoms with van der Waals surface area (Å²) < 4.78 is 49.6. The van der Waals surface area contributed by atoms with Gasteiger partial charge in [0.2, 0.25) is 20.0 Å². The molecule has 0 amide bonds. The molecular formula is C13H19N3O4S2. The SMILES string of the molecule is CS(=O)(=O)NCCN(C1=CC2=CC=CCN2C=C1)S(C)(=O)=O. The molecule has 0 aliphatic carbocycles. The minimum absolute atomic E-state index is 0.0136. The van der Waals surface area contributed by atoms with Crippen LogP contribution in [0.2, 0.25) is 0 Å². The van der Waals surface area contributed by atoms with Crippen LogP contribution >= 0.6 is 0 Å². The van der Waals surface area contributed by atoms with E-state index >= 15 is 0 Å². The lowest BCUT2D eigenvalue weighted by Crippen LogP contribution is -2.38. The molecule has 2 aliphatic heterocycles. The van der Waals surface area contributed by atoms with Gasteiger partial charge in [-0.15, -0.1) is 0 Å². The van der Waals surface area contributed by atoms with Gasteiger partial charge in [0.15, 0.2) is 0 Å². The molecule has 0 aromatic heterocycles. The van der Waals surface area contributed by atoms with Crippen LogP contribution in [0.5, 0.6) is 0 Å². The molecule has 2 aliphatic rings. The molecule has 0 atom stereocenters. The summed E-state index contributed by atoms with van der Waals surface area (Å²) in [7, 11) is -6.86. The van der Waals surface area contributed by atoms with Crippen molar-refractivity contribution in [2.24, 2.45) is 0 Å². The Morgan fingerprint density at radius 1 is 1.27 bits per heavy atom. The molecule has 1 N–H and O–H groups in total. The van der Waals surface area contributed by atoms with Gasteiger partial charge in [0.25, 0.3) is 0 Å². The number of fused-ring (bicyclic) bond motifs is 1. The van der Waals surface area contributed by atoms with Crippen LogP contribution in [-0.2, 0) is 20.0 Å². The zero-order valence-corrected chi connectivity index (χ0v) is 14.1. The first kappa shape index (κ1) is 16.8. The smallest absolute Gasteiger partial charge is 0.232 e. The van der Waals surface area contributed by atoms with Crippen LogP contribution < -0.4 is 4.72 Å². The van der Waals surface area contributed by atoms with Crippen LogP contribution in [0.25, 0.3) is 0 Å². The van der Waals surface area contributed by atoms with Crippen molar-refractivity contribution in [3.05, 3.63) is 48.0 Å². The van der Waals surface area contributed by atoms with Crippen molar-refractivity contribution in [1.29, 1.82) is 0 Å². The monoisotopic (exact) mass is 345 g/mol. The molecule has 2 rings (SSSR count). The van der Waals surface area contributed by atoms with Gasteiger partial charge in [-0.3, -0.25) is 4.31 Å². The summed E-state index contributed by atoms with van der Waals surface area (Å²) in [5.41, 5.74) is 1.40. The molecule has 7 nitrogen and oxygen atoms in total. The Labute approximate surface area is 131 Å². The molecule has 0 saturated carbocycles. The van der Waals surface area contributed by atoms with Gasteiger partial charge in [0.05, 0.1) is 18.2 Å². The molecule has 2 heterocycles. The fraction of sp³-hybridized carbons (Fsp3) is 0.385. The van der Waals surface area contributed by atoms with Crippen molar-refractivity contribution in [1.82, 2.24) is 13.9 Å². The second-order valence-electron chi connectivity index (χ2n) is 5.06. The molecule has 0 saturated heterocycles. The lowest BCUT2D eigenvalue weighted by Gasteiger charge is -2.30. The summed E-state index contributed by atoms with van der Waals surface area (Å²) in [6.45, 7) is 0.783. The molecule has 0 bridgehead atoms. The van der Waals surface area contributed by atoms with Crippen LogP contribution in [0.4, 0.5) is 0 Å². The van der Waals surface area contributed by atoms with Gasteiger partial charge in [0.1, 0.15) is 0 Å². The average Bonchev–Trinajstić information content (AvgIpc) is 2.40. The number of hydrogen-bond acceptors (Lipinski definition) is 5. The Morgan fingerprint density at radius 3 is 2.64 bits per heavy atom. The summed E-state index contributed by atoms with van der Waals surface area (Å²) in [4.78, 5) is 1.98. The molecule has 0 aromatic rings. The highest BCUT2D eigenvalue weighted by Crippen LogP contribution is 2.23. The highest BCUT2D eigenvalue weighted by molar-refractivity contribution is 7.89. The standard InChI is InChI=1S/C13H19N3O4S2/c1-21(17,18)14-7-10-16(22(2,19)20)13-6-9-15-8-4-3-5-12(15)11-13/h3-6,9,11,14H,7-8,10H2,1-2H3. The lowest BCUT2D eigenvalue weighted by atomic mass is 10.1. The van der Waals surface area contributed by atoms with Crippen molar-refractivity contribution in [2.75, 3.05) is 32.1 Å². The third-order valence-electron chi connectivity index (χ3n) is 3.13. The third kappa shape index (κ3) is 4.46. The zero-order valence-electron chi connectivity index (χ0n) is 12.4. The molecule has 0 unspecified atom stereocenters. The van der Waals surface area contributed by atoms with Crippen LogP contribution in [0.1, 0.15) is 0 Å². The van der Waals surface area contributed by atoms with E-state index in [4.69, 9.17) is 0 Å². The van der Waals surface area contributed by atoms with E-state index in [1.54, 1.807) is 12.2 Å². The van der Waals surface area contributed by atoms with Crippen molar-refractivity contribution in [2.45, 2.75) is 0 Å². The molecule has 0 fully saturated rings. The molecule has 0 radical (unpaired) electrons. The lowest BCUT2D eigenvalue weighted by molar-refractivity contribution is 0.470. The van der Waals surface area contributed by atoms with Gasteiger partial charge in [-0.1, -0.05) is 12.2 Å². The first-order chi connectivity index (χ1) is 10.2. The number of nitrogens with zero attached hydrogens (tertiary/aromatic N) is 2. The molecule has 9 heteroatoms. The van der Waals surface area contributed by atoms with E-state index in [2.05, 4.69) is 4.72 Å². The van der Waals surface area contributed by atoms with Gasteiger partial charge >= 0.3 is 0 Å². The van der Waals surface area contributed by atoms with E-state index in [9.17, 15) is 16.8 Å². The summed E-state index contributed by atoms with van der Waals surface area (Å²) in [6.07, 6.45) is 13.2. The van der Waals surface area contributed by atoms with Gasteiger partial charge in [-0.25, -0.2) is 21.6 Å². The quantitative estimate of drug-likeness (QED) is 0.730. The predicted octanol–water partition coefficient (Wildman–Crippen LogP) is -0.0359. The normalized spacial score (nSPS) is 17.8. The second-order valence-corrected chi connectivity index (χ2v) is 8.80. The number of rotatable bonds is 6. The van der Waals surface area contributed by atoms with E-state index in [1.807, 2.05) is 29.3 Å². The number of allylic oxidation sites excluding steroid dienone is 4. The first-order valence-electron chi connectivity index (χ1n) is 6.62. The maximum atomic E-state index is 12.0. The zero-order chi connectivity index (χ0) is 16.4. The fourth-order valence-corrected chi connectivity index (χ4v) is 3.54. The molecular weight excluding hydrogens is 326 g/mol. The highest BCUT2D eigenvalue weighted by Gasteiger charge is 2.22. The minimum atomic E-state index is -3.50. The predicted molar refractivity (Wildman–Crippen MR) is 85.5 cm³/mol. The van der Waals surface area contributed by atoms with Gasteiger partial charge < -0.3 is 4.90 Å². The largest absolute Gasteiger partial charge is 0.344 e. The van der Waals surface area contributed by atoms with Crippen LogP contribution in [0.3, 0.4) is 0 Å². The van der Waals surface area contributed by atoms with Crippen LogP contribution in [-0.4, -0.2) is 58.2 Å². The van der Waals surface area contributed by atoms with Crippen molar-refractivity contribution < 1.29 is 16.8 Å². The Hall–Kier alpha value is -1.58. The number of nitrogens with one attached hydrogen (secondary N) is 1. The fourth-order valence-electron chi connectivity index (χ4n) is 2.16. The molecule has 0 spiro atoms. The highest BCUT2D eigenvalue weighted by atomic mass is 32.2. The Kier molecular flexibility index (Phi) is 4.78. The molecule has 22 heavy (non-hydrogen) atoms. The van der Waals surface area contributed by atoms with Gasteiger partial charge in [-0.2, -0.15) is 0 Å². The van der Waals surface area contributed by atoms with E-state index in [-0.39, 0.29) is 13.1 Å². The summed E-state index contributed by atoms with van der Waals surface area (Å²) in [6, 6.07) is 0. The Balaban J connectivity index is 2.20. The second kappa shape index (κ2) is 6.27. The van der Waals surface area contributed by atoms with E-state index < -0.39 is 20.0 Å². The van der Waals surface area contributed by atoms with Gasteiger partial charge in [-0.05, 0) is 18.2 Å². The topological polar surface area (TPSA) is 86.8 Å². The van der Waals surface area contributed by atoms with Crippen molar-refractivity contribution >= 4 is 20.0 Å². The van der Waals surface area contributed by atoms with Crippen molar-refractivity contribution in [3.63, 3.8) is 0 Å². The third-order valence-corrected chi connectivity index (χ3v) is 5.05. The van der Waals surface area contributed by atoms with E-state index in [1.165, 1.54) is 4.31 Å². The summed E-state index contributed by atoms with van der Waals surface area (Å²) >= 11 is 0. The van der Waals surface area contributed by atoms with E-state index in [0.717, 1.165) is 24.8 Å². The van der Waals surface area contributed by atoms with Crippen molar-refractivity contribution in [3.8, 4) is 0 Å². The average molecular weight is 345 g/mol. The first-order valence-corrected chi connectivity index (χ1v) is 10.4.